The Hall–Kier alpha value is -2.42. The van der Waals surface area contributed by atoms with Crippen LogP contribution in [0.3, 0.4) is 0 Å². The van der Waals surface area contributed by atoms with Crippen LogP contribution in [-0.2, 0) is 0 Å². The van der Waals surface area contributed by atoms with E-state index < -0.39 is 10.8 Å². The zero-order chi connectivity index (χ0) is 19.3. The van der Waals surface area contributed by atoms with Gasteiger partial charge in [-0.15, -0.1) is 0 Å². The Bertz CT molecular complexity index is 877. The number of amides is 1. The summed E-state index contributed by atoms with van der Waals surface area (Å²) in [4.78, 5) is 22.5. The van der Waals surface area contributed by atoms with Crippen LogP contribution in [-0.4, -0.2) is 22.5 Å². The SMILES string of the molecule is CCOc1ccc(C(=O)NC(=S)Nc2cc([N+](=O)[O-])ccc2Cl)cc1Cl. The first-order chi connectivity index (χ1) is 12.3. The maximum Gasteiger partial charge on any atom is 0.271 e. The second-order valence-electron chi connectivity index (χ2n) is 4.91. The van der Waals surface area contributed by atoms with Crippen molar-refractivity contribution in [2.45, 2.75) is 6.92 Å². The molecule has 0 aromatic heterocycles. The summed E-state index contributed by atoms with van der Waals surface area (Å²) in [5.74, 6) is -0.0382. The lowest BCUT2D eigenvalue weighted by molar-refractivity contribution is -0.384. The van der Waals surface area contributed by atoms with Crippen LogP contribution in [0, 0.1) is 10.1 Å². The quantitative estimate of drug-likeness (QED) is 0.427. The van der Waals surface area contributed by atoms with E-state index in [1.807, 2.05) is 6.92 Å². The minimum Gasteiger partial charge on any atom is -0.492 e. The highest BCUT2D eigenvalue weighted by molar-refractivity contribution is 7.80. The molecule has 0 spiro atoms. The van der Waals surface area contributed by atoms with Crippen molar-refractivity contribution in [3.63, 3.8) is 0 Å². The predicted octanol–water partition coefficient (Wildman–Crippen LogP) is 4.43. The number of nitrogens with zero attached hydrogens (tertiary/aromatic N) is 1. The number of carbonyl (C=O) groups excluding carboxylic acids is 1. The van der Waals surface area contributed by atoms with Crippen molar-refractivity contribution in [3.05, 3.63) is 62.1 Å². The van der Waals surface area contributed by atoms with Gasteiger partial charge in [0, 0.05) is 17.7 Å². The largest absolute Gasteiger partial charge is 0.492 e. The third kappa shape index (κ3) is 5.04. The molecule has 0 bridgehead atoms. The number of hydrogen-bond donors (Lipinski definition) is 2. The van der Waals surface area contributed by atoms with Gasteiger partial charge < -0.3 is 10.1 Å². The number of hydrogen-bond acceptors (Lipinski definition) is 5. The molecule has 0 heterocycles. The van der Waals surface area contributed by atoms with E-state index in [4.69, 9.17) is 40.2 Å². The molecule has 10 heteroatoms. The Morgan fingerprint density at radius 2 is 1.96 bits per heavy atom. The molecule has 0 atom stereocenters. The molecule has 2 rings (SSSR count). The van der Waals surface area contributed by atoms with Crippen molar-refractivity contribution in [2.75, 3.05) is 11.9 Å². The molecule has 2 aromatic rings. The van der Waals surface area contributed by atoms with E-state index in [-0.39, 0.29) is 27.1 Å². The number of nitro groups is 1. The van der Waals surface area contributed by atoms with Gasteiger partial charge in [-0.05, 0) is 43.4 Å². The van der Waals surface area contributed by atoms with Gasteiger partial charge in [0.1, 0.15) is 5.75 Å². The predicted molar refractivity (Wildman–Crippen MR) is 104 cm³/mol. The number of ether oxygens (including phenoxy) is 1. The zero-order valence-corrected chi connectivity index (χ0v) is 15.7. The molecule has 0 saturated carbocycles. The van der Waals surface area contributed by atoms with Crippen LogP contribution < -0.4 is 15.4 Å². The molecule has 136 valence electrons. The van der Waals surface area contributed by atoms with Gasteiger partial charge in [0.2, 0.25) is 0 Å². The Morgan fingerprint density at radius 1 is 1.23 bits per heavy atom. The summed E-state index contributed by atoms with van der Waals surface area (Å²) in [6, 6.07) is 8.40. The fourth-order valence-corrected chi connectivity index (χ4v) is 2.57. The molecule has 0 unspecified atom stereocenters. The molecule has 0 aliphatic heterocycles. The maximum absolute atomic E-state index is 12.2. The second-order valence-corrected chi connectivity index (χ2v) is 6.13. The van der Waals surface area contributed by atoms with Gasteiger partial charge >= 0.3 is 0 Å². The third-order valence-electron chi connectivity index (χ3n) is 3.13. The topological polar surface area (TPSA) is 93.5 Å². The summed E-state index contributed by atoms with van der Waals surface area (Å²) in [5, 5.41) is 16.4. The number of halogens is 2. The number of anilines is 1. The number of nitrogens with one attached hydrogen (secondary N) is 2. The van der Waals surface area contributed by atoms with Crippen LogP contribution in [0.15, 0.2) is 36.4 Å². The highest BCUT2D eigenvalue weighted by Gasteiger charge is 2.14. The maximum atomic E-state index is 12.2. The standard InChI is InChI=1S/C16H13Cl2N3O4S/c1-2-25-14-6-3-9(7-12(14)18)15(22)20-16(26)19-13-8-10(21(23)24)4-5-11(13)17/h3-8H,2H2,1H3,(H2,19,20,22,26). The highest BCUT2D eigenvalue weighted by Crippen LogP contribution is 2.27. The monoisotopic (exact) mass is 413 g/mol. The smallest absolute Gasteiger partial charge is 0.271 e. The van der Waals surface area contributed by atoms with Gasteiger partial charge in [-0.2, -0.15) is 0 Å². The lowest BCUT2D eigenvalue weighted by Crippen LogP contribution is -2.34. The van der Waals surface area contributed by atoms with E-state index in [1.165, 1.54) is 30.3 Å². The van der Waals surface area contributed by atoms with Gasteiger partial charge in [-0.25, -0.2) is 0 Å². The first kappa shape index (κ1) is 19.9. The first-order valence-corrected chi connectivity index (χ1v) is 8.47. The molecular weight excluding hydrogens is 401 g/mol. The fraction of sp³-hybridized carbons (Fsp3) is 0.125. The second kappa shape index (κ2) is 8.79. The molecule has 0 radical (unpaired) electrons. The van der Waals surface area contributed by atoms with Crippen LogP contribution in [0.25, 0.3) is 0 Å². The molecule has 2 aromatic carbocycles. The molecule has 0 saturated heterocycles. The van der Waals surface area contributed by atoms with Gasteiger partial charge in [-0.3, -0.25) is 20.2 Å². The van der Waals surface area contributed by atoms with Crippen LogP contribution in [0.5, 0.6) is 5.75 Å². The Labute approximate surface area is 164 Å². The van der Waals surface area contributed by atoms with E-state index in [2.05, 4.69) is 10.6 Å². The number of rotatable bonds is 5. The van der Waals surface area contributed by atoms with Gasteiger partial charge in [0.15, 0.2) is 5.11 Å². The van der Waals surface area contributed by atoms with Crippen LogP contribution >= 0.6 is 35.4 Å². The number of carbonyl (C=O) groups is 1. The molecule has 0 fully saturated rings. The Morgan fingerprint density at radius 3 is 2.58 bits per heavy atom. The Kier molecular flexibility index (Phi) is 6.73. The Balaban J connectivity index is 2.08. The van der Waals surface area contributed by atoms with Crippen molar-refractivity contribution < 1.29 is 14.5 Å². The molecule has 2 N–H and O–H groups in total. The average Bonchev–Trinajstić information content (AvgIpc) is 2.58. The van der Waals surface area contributed by atoms with Crippen LogP contribution in [0.1, 0.15) is 17.3 Å². The number of thiocarbonyl (C=S) groups is 1. The van der Waals surface area contributed by atoms with Crippen LogP contribution in [0.2, 0.25) is 10.0 Å². The van der Waals surface area contributed by atoms with Crippen molar-refractivity contribution in [1.29, 1.82) is 0 Å². The molecule has 0 aliphatic rings. The lowest BCUT2D eigenvalue weighted by Gasteiger charge is -2.12. The highest BCUT2D eigenvalue weighted by atomic mass is 35.5. The molecule has 1 amide bonds. The average molecular weight is 414 g/mol. The number of non-ortho nitro benzene ring substituents is 1. The van der Waals surface area contributed by atoms with Crippen molar-refractivity contribution in [2.24, 2.45) is 0 Å². The van der Waals surface area contributed by atoms with E-state index in [1.54, 1.807) is 6.07 Å². The third-order valence-corrected chi connectivity index (χ3v) is 3.96. The van der Waals surface area contributed by atoms with E-state index in [0.717, 1.165) is 0 Å². The van der Waals surface area contributed by atoms with E-state index >= 15 is 0 Å². The summed E-state index contributed by atoms with van der Waals surface area (Å²) in [5.41, 5.74) is 0.313. The summed E-state index contributed by atoms with van der Waals surface area (Å²) in [6.45, 7) is 2.27. The molecule has 26 heavy (non-hydrogen) atoms. The van der Waals surface area contributed by atoms with E-state index in [0.29, 0.717) is 17.4 Å². The number of benzene rings is 2. The zero-order valence-electron chi connectivity index (χ0n) is 13.4. The summed E-state index contributed by atoms with van der Waals surface area (Å²) < 4.78 is 5.30. The minimum absolute atomic E-state index is 0.0672. The van der Waals surface area contributed by atoms with Crippen LogP contribution in [0.4, 0.5) is 11.4 Å². The molecular formula is C16H13Cl2N3O4S. The van der Waals surface area contributed by atoms with Gasteiger partial charge in [0.05, 0.1) is 27.3 Å². The fourth-order valence-electron chi connectivity index (χ4n) is 1.97. The van der Waals surface area contributed by atoms with Gasteiger partial charge in [-0.1, -0.05) is 23.2 Å². The normalized spacial score (nSPS) is 10.1. The molecule has 0 aliphatic carbocycles. The summed E-state index contributed by atoms with van der Waals surface area (Å²) in [7, 11) is 0. The number of nitro benzene ring substituents is 1. The van der Waals surface area contributed by atoms with E-state index in [9.17, 15) is 14.9 Å². The van der Waals surface area contributed by atoms with Gasteiger partial charge in [0.25, 0.3) is 11.6 Å². The van der Waals surface area contributed by atoms with Crippen molar-refractivity contribution in [3.8, 4) is 5.75 Å². The lowest BCUT2D eigenvalue weighted by atomic mass is 10.2. The first-order valence-electron chi connectivity index (χ1n) is 7.30. The molecule has 7 nitrogen and oxygen atoms in total. The minimum atomic E-state index is -0.564. The van der Waals surface area contributed by atoms with Crippen molar-refractivity contribution in [1.82, 2.24) is 5.32 Å². The summed E-state index contributed by atoms with van der Waals surface area (Å²) in [6.07, 6.45) is 0. The summed E-state index contributed by atoms with van der Waals surface area (Å²) >= 11 is 17.1. The van der Waals surface area contributed by atoms with Crippen molar-refractivity contribution >= 4 is 57.8 Å².